The topological polar surface area (TPSA) is 72.0 Å². The third-order valence-corrected chi connectivity index (χ3v) is 5.97. The van der Waals surface area contributed by atoms with Gasteiger partial charge in [0.25, 0.3) is 0 Å². The zero-order chi connectivity index (χ0) is 23.0. The van der Waals surface area contributed by atoms with Crippen LogP contribution in [0.4, 0.5) is 0 Å². The molecule has 1 fully saturated rings. The van der Waals surface area contributed by atoms with Crippen LogP contribution in [-0.2, 0) is 0 Å². The van der Waals surface area contributed by atoms with Crippen LogP contribution in [0.5, 0.6) is 11.5 Å². The Morgan fingerprint density at radius 3 is 2.55 bits per heavy atom. The van der Waals surface area contributed by atoms with Gasteiger partial charge in [0.1, 0.15) is 11.5 Å². The first kappa shape index (κ1) is 22.7. The van der Waals surface area contributed by atoms with Gasteiger partial charge < -0.3 is 14.8 Å². The average Bonchev–Trinajstić information content (AvgIpc) is 2.85. The molecule has 1 saturated carbocycles. The quantitative estimate of drug-likeness (QED) is 0.173. The highest BCUT2D eigenvalue weighted by atomic mass is 32.1. The van der Waals surface area contributed by atoms with E-state index in [2.05, 4.69) is 15.8 Å². The Kier molecular flexibility index (Phi) is 7.52. The summed E-state index contributed by atoms with van der Waals surface area (Å²) in [5.41, 5.74) is 4.03. The Morgan fingerprint density at radius 1 is 1.03 bits per heavy atom. The fraction of sp³-hybridized carbons (Fsp3) is 0.269. The minimum Gasteiger partial charge on any atom is -0.497 e. The fourth-order valence-corrected chi connectivity index (χ4v) is 4.22. The molecule has 3 aromatic rings. The molecule has 0 amide bonds. The van der Waals surface area contributed by atoms with E-state index < -0.39 is 5.97 Å². The predicted molar refractivity (Wildman–Crippen MR) is 135 cm³/mol. The van der Waals surface area contributed by atoms with E-state index in [4.69, 9.17) is 21.7 Å². The number of hydrazone groups is 1. The molecule has 6 nitrogen and oxygen atoms in total. The Labute approximate surface area is 199 Å². The van der Waals surface area contributed by atoms with Crippen LogP contribution in [0.25, 0.3) is 10.8 Å². The van der Waals surface area contributed by atoms with Crippen LogP contribution in [0.1, 0.15) is 48.0 Å². The molecule has 1 aliphatic rings. The number of hydrogen-bond acceptors (Lipinski definition) is 5. The molecule has 0 radical (unpaired) electrons. The number of hydrogen-bond donors (Lipinski definition) is 2. The zero-order valence-electron chi connectivity index (χ0n) is 18.5. The van der Waals surface area contributed by atoms with Gasteiger partial charge in [0.2, 0.25) is 0 Å². The summed E-state index contributed by atoms with van der Waals surface area (Å²) in [7, 11) is 1.58. The van der Waals surface area contributed by atoms with Crippen LogP contribution in [0.3, 0.4) is 0 Å². The van der Waals surface area contributed by atoms with Crippen LogP contribution in [0, 0.1) is 0 Å². The van der Waals surface area contributed by atoms with Crippen LogP contribution in [0.15, 0.2) is 65.8 Å². The second kappa shape index (κ2) is 10.9. The molecule has 0 saturated heterocycles. The molecular weight excluding hydrogens is 434 g/mol. The van der Waals surface area contributed by atoms with Crippen LogP contribution >= 0.6 is 12.2 Å². The first-order chi connectivity index (χ1) is 16.1. The molecule has 0 unspecified atom stereocenters. The zero-order valence-corrected chi connectivity index (χ0v) is 19.4. The number of esters is 1. The van der Waals surface area contributed by atoms with E-state index >= 15 is 0 Å². The number of nitrogens with zero attached hydrogens (tertiary/aromatic N) is 1. The minimum atomic E-state index is -0.454. The summed E-state index contributed by atoms with van der Waals surface area (Å²) in [6.07, 6.45) is 7.63. The lowest BCUT2D eigenvalue weighted by molar-refractivity contribution is 0.0734. The van der Waals surface area contributed by atoms with E-state index in [1.54, 1.807) is 43.7 Å². The lowest BCUT2D eigenvalue weighted by atomic mass is 9.96. The van der Waals surface area contributed by atoms with Gasteiger partial charge in [-0.2, -0.15) is 5.10 Å². The number of rotatable bonds is 6. The van der Waals surface area contributed by atoms with Crippen molar-refractivity contribution in [2.24, 2.45) is 5.10 Å². The van der Waals surface area contributed by atoms with Gasteiger partial charge in [-0.15, -0.1) is 0 Å². The Hall–Kier alpha value is -3.45. The van der Waals surface area contributed by atoms with Crippen LogP contribution in [0.2, 0.25) is 0 Å². The number of thiocarbonyl (C=S) groups is 1. The number of methoxy groups -OCH3 is 1. The maximum Gasteiger partial charge on any atom is 0.343 e. The minimum absolute atomic E-state index is 0.396. The summed E-state index contributed by atoms with van der Waals surface area (Å²) >= 11 is 5.40. The molecular formula is C26H27N3O3S. The summed E-state index contributed by atoms with van der Waals surface area (Å²) in [5, 5.41) is 10.1. The van der Waals surface area contributed by atoms with Crippen LogP contribution < -0.4 is 20.2 Å². The molecule has 7 heteroatoms. The third kappa shape index (κ3) is 5.87. The molecule has 33 heavy (non-hydrogen) atoms. The van der Waals surface area contributed by atoms with Crippen molar-refractivity contribution in [2.45, 2.75) is 38.1 Å². The van der Waals surface area contributed by atoms with Gasteiger partial charge in [0.05, 0.1) is 18.9 Å². The first-order valence-corrected chi connectivity index (χ1v) is 11.5. The van der Waals surface area contributed by atoms with Crippen molar-refractivity contribution in [1.29, 1.82) is 0 Å². The van der Waals surface area contributed by atoms with E-state index in [1.807, 2.05) is 30.3 Å². The maximum absolute atomic E-state index is 12.8. The number of fused-ring (bicyclic) bond motifs is 1. The summed E-state index contributed by atoms with van der Waals surface area (Å²) in [5.74, 6) is 0.644. The SMILES string of the molecule is COc1ccc(C(=O)Oc2ccc3ccccc3c2/C=N/NC(=S)NC2CCCCC2)cc1. The van der Waals surface area contributed by atoms with Gasteiger partial charge in [-0.3, -0.25) is 5.43 Å². The van der Waals surface area contributed by atoms with Crippen molar-refractivity contribution >= 4 is 40.3 Å². The Morgan fingerprint density at radius 2 is 1.79 bits per heavy atom. The Balaban J connectivity index is 1.52. The van der Waals surface area contributed by atoms with Gasteiger partial charge in [-0.25, -0.2) is 4.79 Å². The van der Waals surface area contributed by atoms with Crippen molar-refractivity contribution in [3.8, 4) is 11.5 Å². The molecule has 1 aliphatic carbocycles. The molecule has 0 spiro atoms. The van der Waals surface area contributed by atoms with Crippen molar-refractivity contribution in [3.63, 3.8) is 0 Å². The van der Waals surface area contributed by atoms with Gasteiger partial charge in [-0.05, 0) is 66.2 Å². The lowest BCUT2D eigenvalue weighted by Crippen LogP contribution is -2.40. The molecule has 0 bridgehead atoms. The summed E-state index contributed by atoms with van der Waals surface area (Å²) in [6.45, 7) is 0. The van der Waals surface area contributed by atoms with E-state index in [0.717, 1.165) is 23.6 Å². The fourth-order valence-electron chi connectivity index (χ4n) is 4.00. The normalized spacial score (nSPS) is 14.2. The maximum atomic E-state index is 12.8. The van der Waals surface area contributed by atoms with Crippen LogP contribution in [-0.4, -0.2) is 30.4 Å². The van der Waals surface area contributed by atoms with E-state index in [-0.39, 0.29) is 0 Å². The van der Waals surface area contributed by atoms with Gasteiger partial charge in [0, 0.05) is 11.6 Å². The highest BCUT2D eigenvalue weighted by Gasteiger charge is 2.15. The molecule has 170 valence electrons. The molecule has 2 N–H and O–H groups in total. The number of carbonyl (C=O) groups is 1. The number of nitrogens with one attached hydrogen (secondary N) is 2. The summed E-state index contributed by atoms with van der Waals surface area (Å²) in [4.78, 5) is 12.8. The monoisotopic (exact) mass is 461 g/mol. The first-order valence-electron chi connectivity index (χ1n) is 11.1. The molecule has 0 aromatic heterocycles. The predicted octanol–water partition coefficient (Wildman–Crippen LogP) is 5.20. The number of carbonyl (C=O) groups excluding carboxylic acids is 1. The summed E-state index contributed by atoms with van der Waals surface area (Å²) in [6, 6.07) is 18.8. The third-order valence-electron chi connectivity index (χ3n) is 5.76. The van der Waals surface area contributed by atoms with Crippen molar-refractivity contribution in [1.82, 2.24) is 10.7 Å². The molecule has 0 aliphatic heterocycles. The average molecular weight is 462 g/mol. The van der Waals surface area contributed by atoms with E-state index in [0.29, 0.717) is 33.8 Å². The van der Waals surface area contributed by atoms with Gasteiger partial charge >= 0.3 is 5.97 Å². The molecule has 3 aromatic carbocycles. The van der Waals surface area contributed by atoms with Crippen molar-refractivity contribution in [2.75, 3.05) is 7.11 Å². The molecule has 0 heterocycles. The lowest BCUT2D eigenvalue weighted by Gasteiger charge is -2.23. The van der Waals surface area contributed by atoms with E-state index in [1.165, 1.54) is 19.3 Å². The second-order valence-electron chi connectivity index (χ2n) is 7.99. The molecule has 4 rings (SSSR count). The number of ether oxygens (including phenoxy) is 2. The second-order valence-corrected chi connectivity index (χ2v) is 8.40. The van der Waals surface area contributed by atoms with Crippen molar-refractivity contribution in [3.05, 3.63) is 71.8 Å². The van der Waals surface area contributed by atoms with Gasteiger partial charge in [0.15, 0.2) is 5.11 Å². The standard InChI is InChI=1S/C26H27N3O3S/c1-31-21-14-11-19(12-15-21)25(30)32-24-16-13-18-7-5-6-10-22(18)23(24)17-27-29-26(33)28-20-8-3-2-4-9-20/h5-7,10-17,20H,2-4,8-9H2,1H3,(H2,28,29,33)/b27-17+. The van der Waals surface area contributed by atoms with Crippen molar-refractivity contribution < 1.29 is 14.3 Å². The van der Waals surface area contributed by atoms with Gasteiger partial charge in [-0.1, -0.05) is 49.6 Å². The number of benzene rings is 3. The molecule has 0 atom stereocenters. The largest absolute Gasteiger partial charge is 0.497 e. The highest BCUT2D eigenvalue weighted by Crippen LogP contribution is 2.27. The van der Waals surface area contributed by atoms with E-state index in [9.17, 15) is 4.79 Å². The Bertz CT molecular complexity index is 1160. The smallest absolute Gasteiger partial charge is 0.343 e. The summed E-state index contributed by atoms with van der Waals surface area (Å²) < 4.78 is 10.9. The highest BCUT2D eigenvalue weighted by molar-refractivity contribution is 7.80.